The maximum Gasteiger partial charge on any atom is 0.311 e. The number of hydrogen-bond donors (Lipinski definition) is 1. The van der Waals surface area contributed by atoms with Gasteiger partial charge in [0.2, 0.25) is 0 Å². The van der Waals surface area contributed by atoms with Crippen molar-refractivity contribution in [2.24, 2.45) is 5.92 Å². The van der Waals surface area contributed by atoms with Gasteiger partial charge in [-0.15, -0.1) is 0 Å². The predicted molar refractivity (Wildman–Crippen MR) is 57.7 cm³/mol. The maximum absolute atomic E-state index is 11.2. The Morgan fingerprint density at radius 1 is 1.44 bits per heavy atom. The minimum atomic E-state index is -0.793. The summed E-state index contributed by atoms with van der Waals surface area (Å²) >= 11 is 0. The van der Waals surface area contributed by atoms with Gasteiger partial charge in [-0.25, -0.2) is 0 Å². The number of benzene rings is 1. The molecule has 0 aliphatic carbocycles. The third kappa shape index (κ3) is 2.02. The largest absolute Gasteiger partial charge is 0.497 e. The molecule has 4 heteroatoms. The lowest BCUT2D eigenvalue weighted by atomic mass is 9.85. The Bertz CT molecular complexity index is 367. The first kappa shape index (κ1) is 11.0. The lowest BCUT2D eigenvalue weighted by molar-refractivity contribution is -0.146. The molecule has 1 aromatic rings. The highest BCUT2D eigenvalue weighted by Crippen LogP contribution is 2.31. The maximum atomic E-state index is 11.2. The second-order valence-corrected chi connectivity index (χ2v) is 3.89. The molecule has 1 N–H and O–H groups in total. The van der Waals surface area contributed by atoms with Crippen LogP contribution in [-0.2, 0) is 9.53 Å². The summed E-state index contributed by atoms with van der Waals surface area (Å²) in [5, 5.41) is 9.20. The van der Waals surface area contributed by atoms with E-state index in [1.54, 1.807) is 31.4 Å². The van der Waals surface area contributed by atoms with Crippen LogP contribution in [0.25, 0.3) is 0 Å². The topological polar surface area (TPSA) is 55.8 Å². The third-order valence-electron chi connectivity index (χ3n) is 2.88. The minimum Gasteiger partial charge on any atom is -0.497 e. The van der Waals surface area contributed by atoms with Crippen LogP contribution in [0.1, 0.15) is 11.5 Å². The highest BCUT2D eigenvalue weighted by Gasteiger charge is 2.34. The van der Waals surface area contributed by atoms with Crippen molar-refractivity contribution in [1.82, 2.24) is 0 Å². The van der Waals surface area contributed by atoms with Crippen molar-refractivity contribution in [3.8, 4) is 5.75 Å². The van der Waals surface area contributed by atoms with Crippen LogP contribution in [0.5, 0.6) is 5.75 Å². The van der Waals surface area contributed by atoms with Gasteiger partial charge in [0.05, 0.1) is 26.2 Å². The average Bonchev–Trinajstić information content (AvgIpc) is 2.23. The van der Waals surface area contributed by atoms with Crippen LogP contribution in [0.15, 0.2) is 24.3 Å². The van der Waals surface area contributed by atoms with Crippen molar-refractivity contribution in [3.05, 3.63) is 29.8 Å². The molecule has 4 nitrogen and oxygen atoms in total. The monoisotopic (exact) mass is 222 g/mol. The van der Waals surface area contributed by atoms with E-state index in [9.17, 15) is 9.90 Å². The zero-order valence-electron chi connectivity index (χ0n) is 9.05. The van der Waals surface area contributed by atoms with Crippen molar-refractivity contribution in [2.45, 2.75) is 5.92 Å². The van der Waals surface area contributed by atoms with Gasteiger partial charge in [0.1, 0.15) is 5.75 Å². The molecule has 0 saturated carbocycles. The van der Waals surface area contributed by atoms with Gasteiger partial charge < -0.3 is 14.6 Å². The van der Waals surface area contributed by atoms with E-state index < -0.39 is 11.9 Å². The zero-order chi connectivity index (χ0) is 11.5. The Morgan fingerprint density at radius 2 is 2.06 bits per heavy atom. The summed E-state index contributed by atoms with van der Waals surface area (Å²) in [6.07, 6.45) is 0. The summed E-state index contributed by atoms with van der Waals surface area (Å²) in [5.74, 6) is -0.443. The highest BCUT2D eigenvalue weighted by atomic mass is 16.5. The molecule has 1 unspecified atom stereocenters. The van der Waals surface area contributed by atoms with Crippen LogP contribution >= 0.6 is 0 Å². The number of ether oxygens (including phenoxy) is 2. The Morgan fingerprint density at radius 3 is 2.44 bits per heavy atom. The Labute approximate surface area is 93.8 Å². The lowest BCUT2D eigenvalue weighted by Gasteiger charge is -2.31. The molecule has 1 aliphatic heterocycles. The van der Waals surface area contributed by atoms with Gasteiger partial charge >= 0.3 is 5.97 Å². The molecule has 1 atom stereocenters. The number of carboxylic acids is 1. The zero-order valence-corrected chi connectivity index (χ0v) is 9.05. The van der Waals surface area contributed by atoms with Crippen molar-refractivity contribution in [3.63, 3.8) is 0 Å². The molecule has 1 heterocycles. The molecular formula is C12H14O4. The van der Waals surface area contributed by atoms with E-state index in [-0.39, 0.29) is 5.92 Å². The van der Waals surface area contributed by atoms with Gasteiger partial charge in [-0.1, -0.05) is 12.1 Å². The van der Waals surface area contributed by atoms with Crippen LogP contribution < -0.4 is 4.74 Å². The molecule has 2 rings (SSSR count). The second-order valence-electron chi connectivity index (χ2n) is 3.89. The molecule has 1 saturated heterocycles. The minimum absolute atomic E-state index is 0.0888. The van der Waals surface area contributed by atoms with Gasteiger partial charge in [-0.05, 0) is 17.7 Å². The van der Waals surface area contributed by atoms with Gasteiger partial charge in [-0.3, -0.25) is 4.79 Å². The first-order chi connectivity index (χ1) is 7.72. The smallest absolute Gasteiger partial charge is 0.311 e. The fourth-order valence-electron chi connectivity index (χ4n) is 1.87. The summed E-state index contributed by atoms with van der Waals surface area (Å²) in [6, 6.07) is 7.17. The lowest BCUT2D eigenvalue weighted by Crippen LogP contribution is -2.36. The Kier molecular flexibility index (Phi) is 3.10. The third-order valence-corrected chi connectivity index (χ3v) is 2.88. The number of carbonyl (C=O) groups is 1. The van der Waals surface area contributed by atoms with Gasteiger partial charge in [0, 0.05) is 5.92 Å². The fraction of sp³-hybridized carbons (Fsp3) is 0.417. The molecule has 1 aromatic carbocycles. The summed E-state index contributed by atoms with van der Waals surface area (Å²) < 4.78 is 10.1. The number of hydrogen-bond acceptors (Lipinski definition) is 3. The quantitative estimate of drug-likeness (QED) is 0.839. The van der Waals surface area contributed by atoms with Gasteiger partial charge in [-0.2, -0.15) is 0 Å². The van der Waals surface area contributed by atoms with E-state index in [1.165, 1.54) is 0 Å². The van der Waals surface area contributed by atoms with Crippen LogP contribution in [0.2, 0.25) is 0 Å². The fourth-order valence-corrected chi connectivity index (χ4v) is 1.87. The molecule has 86 valence electrons. The van der Waals surface area contributed by atoms with E-state index in [4.69, 9.17) is 9.47 Å². The van der Waals surface area contributed by atoms with Gasteiger partial charge in [0.15, 0.2) is 0 Å². The van der Waals surface area contributed by atoms with E-state index in [0.717, 1.165) is 11.3 Å². The van der Waals surface area contributed by atoms with Crippen molar-refractivity contribution >= 4 is 5.97 Å². The SMILES string of the molecule is COc1ccc(C(C(=O)O)C2COC2)cc1. The summed E-state index contributed by atoms with van der Waals surface area (Å²) in [5.41, 5.74) is 0.807. The molecule has 0 bridgehead atoms. The summed E-state index contributed by atoms with van der Waals surface area (Å²) in [7, 11) is 1.59. The summed E-state index contributed by atoms with van der Waals surface area (Å²) in [4.78, 5) is 11.2. The Hall–Kier alpha value is -1.55. The number of carboxylic acid groups (broad SMARTS) is 1. The van der Waals surface area contributed by atoms with E-state index in [2.05, 4.69) is 0 Å². The number of rotatable bonds is 4. The molecular weight excluding hydrogens is 208 g/mol. The van der Waals surface area contributed by atoms with Crippen molar-refractivity contribution in [2.75, 3.05) is 20.3 Å². The van der Waals surface area contributed by atoms with Crippen LogP contribution in [-0.4, -0.2) is 31.4 Å². The van der Waals surface area contributed by atoms with Gasteiger partial charge in [0.25, 0.3) is 0 Å². The van der Waals surface area contributed by atoms with Crippen molar-refractivity contribution < 1.29 is 19.4 Å². The molecule has 1 aliphatic rings. The number of methoxy groups -OCH3 is 1. The van der Waals surface area contributed by atoms with E-state index in [0.29, 0.717) is 13.2 Å². The first-order valence-electron chi connectivity index (χ1n) is 5.17. The first-order valence-corrected chi connectivity index (χ1v) is 5.17. The molecule has 0 aromatic heterocycles. The molecule has 0 radical (unpaired) electrons. The standard InChI is InChI=1S/C12H14O4/c1-15-10-4-2-8(3-5-10)11(12(13)14)9-6-16-7-9/h2-5,9,11H,6-7H2,1H3,(H,13,14). The second kappa shape index (κ2) is 4.53. The molecule has 16 heavy (non-hydrogen) atoms. The normalized spacial score (nSPS) is 17.6. The van der Waals surface area contributed by atoms with E-state index in [1.807, 2.05) is 0 Å². The highest BCUT2D eigenvalue weighted by molar-refractivity contribution is 5.76. The summed E-state index contributed by atoms with van der Waals surface area (Å²) in [6.45, 7) is 1.06. The van der Waals surface area contributed by atoms with Crippen molar-refractivity contribution in [1.29, 1.82) is 0 Å². The predicted octanol–water partition coefficient (Wildman–Crippen LogP) is 1.51. The van der Waals surface area contributed by atoms with Crippen LogP contribution in [0.3, 0.4) is 0 Å². The average molecular weight is 222 g/mol. The van der Waals surface area contributed by atoms with E-state index >= 15 is 0 Å². The van der Waals surface area contributed by atoms with Crippen LogP contribution in [0.4, 0.5) is 0 Å². The Balaban J connectivity index is 2.20. The van der Waals surface area contributed by atoms with Crippen LogP contribution in [0, 0.1) is 5.92 Å². The molecule has 1 fully saturated rings. The molecule has 0 spiro atoms. The number of aliphatic carboxylic acids is 1. The molecule has 0 amide bonds.